The van der Waals surface area contributed by atoms with Crippen molar-refractivity contribution in [1.29, 1.82) is 0 Å². The quantitative estimate of drug-likeness (QED) is 0.707. The van der Waals surface area contributed by atoms with Crippen molar-refractivity contribution in [2.24, 2.45) is 22.7 Å². The normalized spacial score (nSPS) is 47.8. The van der Waals surface area contributed by atoms with Crippen LogP contribution in [0.25, 0.3) is 0 Å². The van der Waals surface area contributed by atoms with E-state index in [1.807, 2.05) is 13.0 Å². The molecule has 3 aliphatic carbocycles. The molecule has 0 bridgehead atoms. The molecule has 23 heavy (non-hydrogen) atoms. The lowest BCUT2D eigenvalue weighted by atomic mass is 9.45. The molecule has 0 spiro atoms. The summed E-state index contributed by atoms with van der Waals surface area (Å²) in [7, 11) is 0. The Morgan fingerprint density at radius 2 is 1.87 bits per heavy atom. The summed E-state index contributed by atoms with van der Waals surface area (Å²) in [5.74, 6) is 0.597. The van der Waals surface area contributed by atoms with Gasteiger partial charge in [0.2, 0.25) is 0 Å². The van der Waals surface area contributed by atoms with E-state index in [2.05, 4.69) is 26.8 Å². The van der Waals surface area contributed by atoms with Crippen LogP contribution in [0.4, 0.5) is 0 Å². The molecule has 3 aliphatic rings. The number of fused-ring (bicyclic) bond motifs is 1. The van der Waals surface area contributed by atoms with Gasteiger partial charge in [-0.15, -0.1) is 11.6 Å². The first kappa shape index (κ1) is 17.2. The average Bonchev–Trinajstić information content (AvgIpc) is 2.73. The van der Waals surface area contributed by atoms with Gasteiger partial charge in [-0.3, -0.25) is 4.79 Å². The Kier molecular flexibility index (Phi) is 4.09. The highest BCUT2D eigenvalue weighted by molar-refractivity contribution is 6.36. The predicted molar refractivity (Wildman–Crippen MR) is 94.4 cm³/mol. The minimum atomic E-state index is -0.734. The molecule has 0 radical (unpaired) electrons. The predicted octanol–water partition coefficient (Wildman–Crippen LogP) is 4.65. The number of carbonyl (C=O) groups is 1. The van der Waals surface area contributed by atoms with E-state index in [1.165, 1.54) is 12.8 Å². The van der Waals surface area contributed by atoms with Gasteiger partial charge in [0.25, 0.3) is 0 Å². The summed E-state index contributed by atoms with van der Waals surface area (Å²) >= 11 is 6.26. The summed E-state index contributed by atoms with van der Waals surface area (Å²) in [5.41, 5.74) is 0.503. The van der Waals surface area contributed by atoms with Gasteiger partial charge in [0, 0.05) is 5.92 Å². The van der Waals surface area contributed by atoms with E-state index in [-0.39, 0.29) is 17.1 Å². The third-order valence-electron chi connectivity index (χ3n) is 6.94. The monoisotopic (exact) mass is 336 g/mol. The first-order valence-corrected chi connectivity index (χ1v) is 9.32. The molecule has 0 amide bonds. The van der Waals surface area contributed by atoms with E-state index >= 15 is 0 Å². The molecule has 0 aromatic rings. The van der Waals surface area contributed by atoms with Gasteiger partial charge in [0.1, 0.15) is 5.38 Å². The van der Waals surface area contributed by atoms with Gasteiger partial charge in [-0.05, 0) is 61.0 Å². The largest absolute Gasteiger partial charge is 0.390 e. The number of alkyl halides is 1. The van der Waals surface area contributed by atoms with Crippen LogP contribution >= 0.6 is 11.6 Å². The van der Waals surface area contributed by atoms with Gasteiger partial charge in [0.05, 0.1) is 5.60 Å². The van der Waals surface area contributed by atoms with Crippen LogP contribution in [0.1, 0.15) is 59.8 Å². The van der Waals surface area contributed by atoms with Gasteiger partial charge in [0.15, 0.2) is 5.78 Å². The van der Waals surface area contributed by atoms with Gasteiger partial charge >= 0.3 is 0 Å². The van der Waals surface area contributed by atoms with Crippen molar-refractivity contribution in [2.45, 2.75) is 70.8 Å². The molecule has 2 nitrogen and oxygen atoms in total. The Bertz CT molecular complexity index is 572. The van der Waals surface area contributed by atoms with Crippen molar-refractivity contribution in [2.75, 3.05) is 0 Å². The minimum Gasteiger partial charge on any atom is -0.390 e. The standard InChI is InChI=1S/C20H29ClO2/c1-18(2)9-5-10-19(3)15(18)8-11-20(4,23)16(19)12-13-6-7-14(22)17(13)21/h6-7,12,15-17,23H,5,8-11H2,1-4H3/b13-12+/t15-,16+,17?,19-,20-/m0/s1. The van der Waals surface area contributed by atoms with Crippen molar-refractivity contribution in [3.63, 3.8) is 0 Å². The van der Waals surface area contributed by atoms with E-state index in [9.17, 15) is 9.90 Å². The maximum absolute atomic E-state index is 11.7. The molecule has 0 aromatic carbocycles. The van der Waals surface area contributed by atoms with Crippen LogP contribution < -0.4 is 0 Å². The van der Waals surface area contributed by atoms with Crippen molar-refractivity contribution in [3.05, 3.63) is 23.8 Å². The van der Waals surface area contributed by atoms with Crippen LogP contribution in [0.3, 0.4) is 0 Å². The van der Waals surface area contributed by atoms with Gasteiger partial charge in [-0.2, -0.15) is 0 Å². The molecular formula is C20H29ClO2. The Balaban J connectivity index is 2.03. The zero-order valence-electron chi connectivity index (χ0n) is 14.7. The second-order valence-corrected chi connectivity index (χ2v) is 9.48. The molecule has 5 atom stereocenters. The lowest BCUT2D eigenvalue weighted by molar-refractivity contribution is -0.149. The van der Waals surface area contributed by atoms with Gasteiger partial charge < -0.3 is 5.11 Å². The van der Waals surface area contributed by atoms with E-state index in [0.29, 0.717) is 11.3 Å². The fraction of sp³-hybridized carbons (Fsp3) is 0.750. The number of hydrogen-bond donors (Lipinski definition) is 1. The molecule has 0 saturated heterocycles. The first-order valence-electron chi connectivity index (χ1n) is 8.88. The minimum absolute atomic E-state index is 0.0418. The Labute approximate surface area is 145 Å². The lowest BCUT2D eigenvalue weighted by Crippen LogP contribution is -2.57. The number of carbonyl (C=O) groups excluding carboxylic acids is 1. The maximum Gasteiger partial charge on any atom is 0.177 e. The fourth-order valence-corrected chi connectivity index (χ4v) is 5.99. The topological polar surface area (TPSA) is 37.3 Å². The molecule has 0 aromatic heterocycles. The highest BCUT2D eigenvalue weighted by Gasteiger charge is 2.57. The van der Waals surface area contributed by atoms with Crippen molar-refractivity contribution in [1.82, 2.24) is 0 Å². The Morgan fingerprint density at radius 1 is 1.17 bits per heavy atom. The molecule has 1 N–H and O–H groups in total. The highest BCUT2D eigenvalue weighted by Crippen LogP contribution is 2.62. The summed E-state index contributed by atoms with van der Waals surface area (Å²) in [5, 5.41) is 10.5. The van der Waals surface area contributed by atoms with E-state index in [4.69, 9.17) is 11.6 Å². The number of aliphatic hydroxyl groups is 1. The number of rotatable bonds is 1. The zero-order chi connectivity index (χ0) is 17.0. The summed E-state index contributed by atoms with van der Waals surface area (Å²) in [4.78, 5) is 11.7. The number of hydrogen-bond acceptors (Lipinski definition) is 2. The summed E-state index contributed by atoms with van der Waals surface area (Å²) in [6, 6.07) is 0. The van der Waals surface area contributed by atoms with Crippen molar-refractivity contribution >= 4 is 17.4 Å². The Morgan fingerprint density at radius 3 is 2.48 bits per heavy atom. The molecule has 128 valence electrons. The fourth-order valence-electron chi connectivity index (χ4n) is 5.78. The Hall–Kier alpha value is -0.600. The number of allylic oxidation sites excluding steroid dienone is 3. The number of halogens is 1. The van der Waals surface area contributed by atoms with Crippen molar-refractivity contribution < 1.29 is 9.90 Å². The van der Waals surface area contributed by atoms with Crippen molar-refractivity contribution in [3.8, 4) is 0 Å². The molecule has 3 heteroatoms. The van der Waals surface area contributed by atoms with E-state index in [1.54, 1.807) is 6.08 Å². The summed E-state index contributed by atoms with van der Waals surface area (Å²) in [6.45, 7) is 9.06. The third kappa shape index (κ3) is 2.72. The van der Waals surface area contributed by atoms with Crippen LogP contribution in [0.15, 0.2) is 23.8 Å². The second-order valence-electron chi connectivity index (χ2n) is 9.04. The third-order valence-corrected chi connectivity index (χ3v) is 7.40. The molecule has 3 rings (SSSR count). The molecule has 2 fully saturated rings. The second kappa shape index (κ2) is 5.46. The molecule has 0 heterocycles. The average molecular weight is 337 g/mol. The van der Waals surface area contributed by atoms with Crippen LogP contribution in [0.2, 0.25) is 0 Å². The summed E-state index contributed by atoms with van der Waals surface area (Å²) < 4.78 is 0. The van der Waals surface area contributed by atoms with Gasteiger partial charge in [-0.25, -0.2) is 0 Å². The smallest absolute Gasteiger partial charge is 0.177 e. The SMILES string of the molecule is CC1(C)CCC[C@]2(C)[C@@H](/C=C3\C=CC(=O)C3Cl)[C@@](C)(O)CC[C@@H]12. The molecular weight excluding hydrogens is 308 g/mol. The summed E-state index contributed by atoms with van der Waals surface area (Å²) in [6.07, 6.45) is 11.0. The van der Waals surface area contributed by atoms with Crippen LogP contribution in [0, 0.1) is 22.7 Å². The van der Waals surface area contributed by atoms with E-state index < -0.39 is 11.0 Å². The first-order chi connectivity index (χ1) is 10.6. The molecule has 0 aliphatic heterocycles. The van der Waals surface area contributed by atoms with Gasteiger partial charge in [-0.1, -0.05) is 39.3 Å². The highest BCUT2D eigenvalue weighted by atomic mass is 35.5. The van der Waals surface area contributed by atoms with Crippen LogP contribution in [-0.2, 0) is 4.79 Å². The van der Waals surface area contributed by atoms with Crippen LogP contribution in [0.5, 0.6) is 0 Å². The number of ketones is 1. The van der Waals surface area contributed by atoms with E-state index in [0.717, 1.165) is 24.8 Å². The molecule has 1 unspecified atom stereocenters. The lowest BCUT2D eigenvalue weighted by Gasteiger charge is -2.60. The molecule has 2 saturated carbocycles. The maximum atomic E-state index is 11.7. The zero-order valence-corrected chi connectivity index (χ0v) is 15.5. The van der Waals surface area contributed by atoms with Crippen LogP contribution in [-0.4, -0.2) is 21.9 Å².